The van der Waals surface area contributed by atoms with Gasteiger partial charge in [0.2, 0.25) is 0 Å². The molecule has 1 aliphatic rings. The Kier molecular flexibility index (Phi) is 4.82. The van der Waals surface area contributed by atoms with E-state index in [0.29, 0.717) is 25.2 Å². The third-order valence-corrected chi connectivity index (χ3v) is 4.48. The molecule has 7 heteroatoms. The molecular formula is C17H25N5O2. The molecule has 1 saturated heterocycles. The largest absolute Gasteiger partial charge is 0.497 e. The van der Waals surface area contributed by atoms with E-state index >= 15 is 0 Å². The summed E-state index contributed by atoms with van der Waals surface area (Å²) >= 11 is 0. The Morgan fingerprint density at radius 1 is 1.42 bits per heavy atom. The molecule has 0 spiro atoms. The van der Waals surface area contributed by atoms with Crippen LogP contribution in [0.15, 0.2) is 24.5 Å². The Balaban J connectivity index is 1.72. The number of piperidine rings is 1. The number of ether oxygens (including phenoxy) is 1. The molecule has 0 aliphatic carbocycles. The SMILES string of the molecule is COc1ccnc(CN2CCC[C@](O)(c3cn(C(C)C)nn3)C2)c1. The molecule has 7 nitrogen and oxygen atoms in total. The first-order chi connectivity index (χ1) is 11.5. The third-order valence-electron chi connectivity index (χ3n) is 4.48. The summed E-state index contributed by atoms with van der Waals surface area (Å²) in [7, 11) is 1.65. The predicted molar refractivity (Wildman–Crippen MR) is 89.6 cm³/mol. The van der Waals surface area contributed by atoms with Crippen LogP contribution in [-0.4, -0.2) is 50.2 Å². The number of likely N-dealkylation sites (tertiary alicyclic amines) is 1. The monoisotopic (exact) mass is 331 g/mol. The summed E-state index contributed by atoms with van der Waals surface area (Å²) in [5.74, 6) is 0.798. The lowest BCUT2D eigenvalue weighted by Crippen LogP contribution is -2.46. The van der Waals surface area contributed by atoms with Crippen LogP contribution in [0.5, 0.6) is 5.75 Å². The standard InChI is InChI=1S/C17H25N5O2/c1-13(2)22-11-16(19-20-22)17(23)6-4-8-21(12-17)10-14-9-15(24-3)5-7-18-14/h5,7,9,11,13,23H,4,6,8,10,12H2,1-3H3/t17-/m1/s1. The number of hydrogen-bond acceptors (Lipinski definition) is 6. The quantitative estimate of drug-likeness (QED) is 0.899. The van der Waals surface area contributed by atoms with Gasteiger partial charge in [0, 0.05) is 31.4 Å². The number of aromatic nitrogens is 4. The average Bonchev–Trinajstić information content (AvgIpc) is 3.06. The van der Waals surface area contributed by atoms with Crippen molar-refractivity contribution >= 4 is 0 Å². The van der Waals surface area contributed by atoms with Gasteiger partial charge in [0.25, 0.3) is 0 Å². The second kappa shape index (κ2) is 6.86. The van der Waals surface area contributed by atoms with E-state index in [-0.39, 0.29) is 6.04 Å². The van der Waals surface area contributed by atoms with Crippen molar-refractivity contribution in [2.24, 2.45) is 0 Å². The van der Waals surface area contributed by atoms with Crippen LogP contribution < -0.4 is 4.74 Å². The molecular weight excluding hydrogens is 306 g/mol. The van der Waals surface area contributed by atoms with Crippen LogP contribution in [0.4, 0.5) is 0 Å². The van der Waals surface area contributed by atoms with E-state index in [9.17, 15) is 5.11 Å². The minimum absolute atomic E-state index is 0.232. The maximum Gasteiger partial charge on any atom is 0.123 e. The molecule has 3 heterocycles. The van der Waals surface area contributed by atoms with Gasteiger partial charge in [0.05, 0.1) is 19.0 Å². The summed E-state index contributed by atoms with van der Waals surface area (Å²) in [5.41, 5.74) is 0.633. The van der Waals surface area contributed by atoms with E-state index in [1.165, 1.54) is 0 Å². The number of β-amino-alcohol motifs (C(OH)–C–C–N with tert-alkyl or cyclic N) is 1. The van der Waals surface area contributed by atoms with Gasteiger partial charge >= 0.3 is 0 Å². The van der Waals surface area contributed by atoms with Crippen LogP contribution in [-0.2, 0) is 12.1 Å². The van der Waals surface area contributed by atoms with E-state index in [4.69, 9.17) is 4.74 Å². The van der Waals surface area contributed by atoms with Gasteiger partial charge in [-0.3, -0.25) is 9.88 Å². The Hall–Kier alpha value is -1.99. The molecule has 3 rings (SSSR count). The molecule has 2 aromatic rings. The molecule has 1 atom stereocenters. The lowest BCUT2D eigenvalue weighted by molar-refractivity contribution is -0.0417. The lowest BCUT2D eigenvalue weighted by Gasteiger charge is -2.37. The number of hydrogen-bond donors (Lipinski definition) is 1. The fraction of sp³-hybridized carbons (Fsp3) is 0.588. The molecule has 0 aromatic carbocycles. The van der Waals surface area contributed by atoms with Crippen molar-refractivity contribution in [3.05, 3.63) is 35.9 Å². The highest BCUT2D eigenvalue weighted by atomic mass is 16.5. The van der Waals surface area contributed by atoms with Crippen LogP contribution in [0.3, 0.4) is 0 Å². The molecule has 1 N–H and O–H groups in total. The second-order valence-electron chi connectivity index (χ2n) is 6.71. The average molecular weight is 331 g/mol. The first-order valence-corrected chi connectivity index (χ1v) is 8.36. The van der Waals surface area contributed by atoms with Gasteiger partial charge in [-0.1, -0.05) is 5.21 Å². The van der Waals surface area contributed by atoms with Crippen molar-refractivity contribution in [3.63, 3.8) is 0 Å². The summed E-state index contributed by atoms with van der Waals surface area (Å²) in [5, 5.41) is 19.4. The van der Waals surface area contributed by atoms with Crippen molar-refractivity contribution < 1.29 is 9.84 Å². The van der Waals surface area contributed by atoms with Crippen LogP contribution >= 0.6 is 0 Å². The Bertz CT molecular complexity index is 687. The summed E-state index contributed by atoms with van der Waals surface area (Å²) in [6.07, 6.45) is 5.22. The smallest absolute Gasteiger partial charge is 0.123 e. The fourth-order valence-electron chi connectivity index (χ4n) is 3.11. The molecule has 130 valence electrons. The summed E-state index contributed by atoms with van der Waals surface area (Å²) in [6.45, 7) is 6.23. The molecule has 1 fully saturated rings. The van der Waals surface area contributed by atoms with E-state index in [0.717, 1.165) is 24.4 Å². The zero-order valence-electron chi connectivity index (χ0n) is 14.5. The number of rotatable bonds is 5. The Morgan fingerprint density at radius 3 is 2.96 bits per heavy atom. The van der Waals surface area contributed by atoms with Gasteiger partial charge in [0.15, 0.2) is 0 Å². The maximum absolute atomic E-state index is 11.1. The van der Waals surface area contributed by atoms with E-state index in [1.807, 2.05) is 32.2 Å². The van der Waals surface area contributed by atoms with Crippen molar-refractivity contribution in [1.29, 1.82) is 0 Å². The molecule has 0 saturated carbocycles. The first-order valence-electron chi connectivity index (χ1n) is 8.36. The second-order valence-corrected chi connectivity index (χ2v) is 6.71. The fourth-order valence-corrected chi connectivity index (χ4v) is 3.11. The topological polar surface area (TPSA) is 76.3 Å². The van der Waals surface area contributed by atoms with Crippen molar-refractivity contribution in [2.75, 3.05) is 20.2 Å². The van der Waals surface area contributed by atoms with Gasteiger partial charge in [-0.15, -0.1) is 5.10 Å². The number of pyridine rings is 1. The molecule has 0 radical (unpaired) electrons. The number of nitrogens with zero attached hydrogens (tertiary/aromatic N) is 5. The minimum Gasteiger partial charge on any atom is -0.497 e. The normalized spacial score (nSPS) is 22.0. The molecule has 0 amide bonds. The highest BCUT2D eigenvalue weighted by molar-refractivity contribution is 5.22. The summed E-state index contributed by atoms with van der Waals surface area (Å²) in [4.78, 5) is 6.60. The summed E-state index contributed by atoms with van der Waals surface area (Å²) in [6, 6.07) is 4.00. The lowest BCUT2D eigenvalue weighted by atomic mass is 9.90. The van der Waals surface area contributed by atoms with E-state index < -0.39 is 5.60 Å². The highest BCUT2D eigenvalue weighted by Crippen LogP contribution is 2.31. The maximum atomic E-state index is 11.1. The highest BCUT2D eigenvalue weighted by Gasteiger charge is 2.37. The zero-order valence-corrected chi connectivity index (χ0v) is 14.5. The van der Waals surface area contributed by atoms with Crippen LogP contribution in [0.25, 0.3) is 0 Å². The van der Waals surface area contributed by atoms with Crippen molar-refractivity contribution in [2.45, 2.75) is 44.9 Å². The minimum atomic E-state index is -0.954. The molecule has 0 unspecified atom stereocenters. The van der Waals surface area contributed by atoms with Crippen LogP contribution in [0, 0.1) is 0 Å². The van der Waals surface area contributed by atoms with E-state index in [2.05, 4.69) is 20.2 Å². The van der Waals surface area contributed by atoms with Gasteiger partial charge in [0.1, 0.15) is 17.0 Å². The summed E-state index contributed by atoms with van der Waals surface area (Å²) < 4.78 is 7.04. The van der Waals surface area contributed by atoms with Crippen LogP contribution in [0.1, 0.15) is 44.1 Å². The predicted octanol–water partition coefficient (Wildman–Crippen LogP) is 1.75. The number of methoxy groups -OCH3 is 1. The van der Waals surface area contributed by atoms with Crippen molar-refractivity contribution in [3.8, 4) is 5.75 Å². The zero-order chi connectivity index (χ0) is 17.2. The van der Waals surface area contributed by atoms with Crippen LogP contribution in [0.2, 0.25) is 0 Å². The Morgan fingerprint density at radius 2 is 2.25 bits per heavy atom. The molecule has 0 bridgehead atoms. The van der Waals surface area contributed by atoms with Gasteiger partial charge in [-0.05, 0) is 39.3 Å². The van der Waals surface area contributed by atoms with Crippen molar-refractivity contribution in [1.82, 2.24) is 24.9 Å². The molecule has 1 aliphatic heterocycles. The van der Waals surface area contributed by atoms with Gasteiger partial charge in [-0.2, -0.15) is 0 Å². The first kappa shape index (κ1) is 16.9. The molecule has 2 aromatic heterocycles. The van der Waals surface area contributed by atoms with Gasteiger partial charge < -0.3 is 9.84 Å². The van der Waals surface area contributed by atoms with Gasteiger partial charge in [-0.25, -0.2) is 4.68 Å². The number of aliphatic hydroxyl groups is 1. The van der Waals surface area contributed by atoms with E-state index in [1.54, 1.807) is 18.0 Å². The third kappa shape index (κ3) is 3.57. The Labute approximate surface area is 142 Å². The molecule has 24 heavy (non-hydrogen) atoms.